The largest absolute Gasteiger partial charge is 0.334 e. The van der Waals surface area contributed by atoms with Gasteiger partial charge in [0.1, 0.15) is 0 Å². The minimum atomic E-state index is -3.51. The summed E-state index contributed by atoms with van der Waals surface area (Å²) in [5.74, 6) is -0.133. The topological polar surface area (TPSA) is 92.5 Å². The Balaban J connectivity index is 0.00000280. The van der Waals surface area contributed by atoms with Crippen molar-refractivity contribution in [2.45, 2.75) is 36.7 Å². The van der Waals surface area contributed by atoms with Gasteiger partial charge in [-0.3, -0.25) is 4.79 Å². The number of nitrogens with one attached hydrogen (secondary N) is 1. The third-order valence-electron chi connectivity index (χ3n) is 4.45. The highest BCUT2D eigenvalue weighted by atomic mass is 35.5. The van der Waals surface area contributed by atoms with Crippen molar-refractivity contribution in [3.8, 4) is 0 Å². The third kappa shape index (κ3) is 6.04. The number of rotatable bonds is 9. The van der Waals surface area contributed by atoms with Crippen LogP contribution in [0.5, 0.6) is 0 Å². The van der Waals surface area contributed by atoms with Gasteiger partial charge >= 0.3 is 0 Å². The van der Waals surface area contributed by atoms with Crippen LogP contribution in [0.25, 0.3) is 0 Å². The van der Waals surface area contributed by atoms with Crippen molar-refractivity contribution in [3.63, 3.8) is 0 Å². The number of amides is 1. The van der Waals surface area contributed by atoms with Crippen molar-refractivity contribution >= 4 is 28.3 Å². The summed E-state index contributed by atoms with van der Waals surface area (Å²) in [4.78, 5) is 14.9. The number of benzene rings is 2. The molecular weight excluding hydrogens is 398 g/mol. The first kappa shape index (κ1) is 22.4. The standard InChI is InChI=1S/C20H25N3O3S.ClH/c21-13-4-14-23(15-16-5-2-1-3-6-16)20(24)17-7-11-19(12-8-17)27(25,26)22-18-9-10-18;/h1-3,5-8,11-12,18,22H,4,9-10,13-15,21H2;1H. The molecule has 0 saturated heterocycles. The predicted octanol–water partition coefficient (Wildman–Crippen LogP) is 2.54. The van der Waals surface area contributed by atoms with Gasteiger partial charge in [0.25, 0.3) is 5.91 Å². The molecule has 1 amide bonds. The van der Waals surface area contributed by atoms with Crippen LogP contribution in [0.1, 0.15) is 35.2 Å². The monoisotopic (exact) mass is 423 g/mol. The van der Waals surface area contributed by atoms with E-state index >= 15 is 0 Å². The third-order valence-corrected chi connectivity index (χ3v) is 5.98. The number of halogens is 1. The highest BCUT2D eigenvalue weighted by Crippen LogP contribution is 2.22. The SMILES string of the molecule is Cl.NCCCN(Cc1ccccc1)C(=O)c1ccc(S(=O)(=O)NC2CC2)cc1. The molecule has 0 aliphatic heterocycles. The molecule has 6 nitrogen and oxygen atoms in total. The van der Waals surface area contributed by atoms with Crippen molar-refractivity contribution in [2.75, 3.05) is 13.1 Å². The first-order valence-corrected chi connectivity index (χ1v) is 10.6. The molecule has 0 spiro atoms. The molecule has 1 saturated carbocycles. The van der Waals surface area contributed by atoms with Crippen molar-refractivity contribution in [3.05, 3.63) is 65.7 Å². The van der Waals surface area contributed by atoms with E-state index in [2.05, 4.69) is 4.72 Å². The first-order chi connectivity index (χ1) is 13.0. The lowest BCUT2D eigenvalue weighted by atomic mass is 10.1. The van der Waals surface area contributed by atoms with Crippen molar-refractivity contribution < 1.29 is 13.2 Å². The molecule has 2 aromatic rings. The fraction of sp³-hybridized carbons (Fsp3) is 0.350. The van der Waals surface area contributed by atoms with Gasteiger partial charge in [-0.2, -0.15) is 0 Å². The molecule has 1 fully saturated rings. The molecule has 28 heavy (non-hydrogen) atoms. The Kier molecular flexibility index (Phi) is 8.00. The van der Waals surface area contributed by atoms with E-state index in [-0.39, 0.29) is 29.3 Å². The maximum absolute atomic E-state index is 12.9. The van der Waals surface area contributed by atoms with Gasteiger partial charge < -0.3 is 10.6 Å². The number of sulfonamides is 1. The van der Waals surface area contributed by atoms with Gasteiger partial charge in [0.15, 0.2) is 0 Å². The molecule has 0 bridgehead atoms. The molecule has 0 radical (unpaired) electrons. The lowest BCUT2D eigenvalue weighted by Gasteiger charge is -2.23. The average Bonchev–Trinajstić information content (AvgIpc) is 3.49. The summed E-state index contributed by atoms with van der Waals surface area (Å²) in [6.45, 7) is 1.54. The second kappa shape index (κ2) is 10.0. The second-order valence-corrected chi connectivity index (χ2v) is 8.49. The molecule has 0 atom stereocenters. The molecule has 1 aliphatic rings. The zero-order valence-electron chi connectivity index (χ0n) is 15.6. The molecular formula is C20H26ClN3O3S. The molecule has 0 aromatic heterocycles. The smallest absolute Gasteiger partial charge is 0.254 e. The first-order valence-electron chi connectivity index (χ1n) is 9.15. The minimum Gasteiger partial charge on any atom is -0.334 e. The zero-order valence-corrected chi connectivity index (χ0v) is 17.2. The minimum absolute atomic E-state index is 0. The summed E-state index contributed by atoms with van der Waals surface area (Å²) in [6, 6.07) is 15.9. The number of hydrogen-bond acceptors (Lipinski definition) is 4. The maximum Gasteiger partial charge on any atom is 0.254 e. The molecule has 0 unspecified atom stereocenters. The van der Waals surface area contributed by atoms with Gasteiger partial charge in [0.2, 0.25) is 10.0 Å². The van der Waals surface area contributed by atoms with E-state index in [0.29, 0.717) is 31.6 Å². The second-order valence-electron chi connectivity index (χ2n) is 6.77. The van der Waals surface area contributed by atoms with Gasteiger partial charge in [0, 0.05) is 24.7 Å². The van der Waals surface area contributed by atoms with E-state index in [1.54, 1.807) is 17.0 Å². The predicted molar refractivity (Wildman–Crippen MR) is 112 cm³/mol. The van der Waals surface area contributed by atoms with E-state index in [1.165, 1.54) is 12.1 Å². The lowest BCUT2D eigenvalue weighted by Crippen LogP contribution is -2.32. The molecule has 1 aliphatic carbocycles. The van der Waals surface area contributed by atoms with Crippen LogP contribution in [0.4, 0.5) is 0 Å². The van der Waals surface area contributed by atoms with Gasteiger partial charge in [-0.25, -0.2) is 13.1 Å². The van der Waals surface area contributed by atoms with Crippen molar-refractivity contribution in [2.24, 2.45) is 5.73 Å². The highest BCUT2D eigenvalue weighted by Gasteiger charge is 2.28. The Morgan fingerprint density at radius 3 is 2.29 bits per heavy atom. The van der Waals surface area contributed by atoms with Crippen LogP contribution in [0.15, 0.2) is 59.5 Å². The summed E-state index contributed by atoms with van der Waals surface area (Å²) >= 11 is 0. The Morgan fingerprint density at radius 2 is 1.71 bits per heavy atom. The number of nitrogens with two attached hydrogens (primary N) is 1. The Bertz CT molecular complexity index is 869. The van der Waals surface area contributed by atoms with Crippen molar-refractivity contribution in [1.82, 2.24) is 9.62 Å². The molecule has 3 rings (SSSR count). The summed E-state index contributed by atoms with van der Waals surface area (Å²) in [5.41, 5.74) is 7.11. The van der Waals surface area contributed by atoms with Gasteiger partial charge in [0.05, 0.1) is 4.90 Å². The highest BCUT2D eigenvalue weighted by molar-refractivity contribution is 7.89. The van der Waals surface area contributed by atoms with Crippen LogP contribution in [-0.2, 0) is 16.6 Å². The molecule has 3 N–H and O–H groups in total. The zero-order chi connectivity index (χ0) is 19.3. The van der Waals surface area contributed by atoms with Crippen LogP contribution < -0.4 is 10.5 Å². The summed E-state index contributed by atoms with van der Waals surface area (Å²) in [6.07, 6.45) is 2.47. The molecule has 2 aromatic carbocycles. The van der Waals surface area contributed by atoms with Crippen LogP contribution in [0.2, 0.25) is 0 Å². The van der Waals surface area contributed by atoms with E-state index in [9.17, 15) is 13.2 Å². The molecule has 0 heterocycles. The quantitative estimate of drug-likeness (QED) is 0.648. The van der Waals surface area contributed by atoms with Crippen molar-refractivity contribution in [1.29, 1.82) is 0 Å². The van der Waals surface area contributed by atoms with Gasteiger partial charge in [-0.05, 0) is 55.6 Å². The van der Waals surface area contributed by atoms with E-state index < -0.39 is 10.0 Å². The molecule has 8 heteroatoms. The molecule has 152 valence electrons. The van der Waals surface area contributed by atoms with Crippen LogP contribution >= 0.6 is 12.4 Å². The van der Waals surface area contributed by atoms with E-state index in [1.807, 2.05) is 30.3 Å². The number of hydrogen-bond donors (Lipinski definition) is 2. The van der Waals surface area contributed by atoms with Gasteiger partial charge in [-0.1, -0.05) is 30.3 Å². The van der Waals surface area contributed by atoms with E-state index in [0.717, 1.165) is 18.4 Å². The summed E-state index contributed by atoms with van der Waals surface area (Å²) in [5, 5.41) is 0. The maximum atomic E-state index is 12.9. The number of carbonyl (C=O) groups excluding carboxylic acids is 1. The van der Waals surface area contributed by atoms with Crippen LogP contribution in [0.3, 0.4) is 0 Å². The summed E-state index contributed by atoms with van der Waals surface area (Å²) in [7, 11) is -3.51. The van der Waals surface area contributed by atoms with Gasteiger partial charge in [-0.15, -0.1) is 12.4 Å². The number of nitrogens with zero attached hydrogens (tertiary/aromatic N) is 1. The lowest BCUT2D eigenvalue weighted by molar-refractivity contribution is 0.0742. The normalized spacial score (nSPS) is 13.6. The Hall–Kier alpha value is -1.93. The Labute approximate surface area is 172 Å². The van der Waals surface area contributed by atoms with E-state index in [4.69, 9.17) is 5.73 Å². The Morgan fingerprint density at radius 1 is 1.07 bits per heavy atom. The average molecular weight is 424 g/mol. The fourth-order valence-electron chi connectivity index (χ4n) is 2.79. The number of carbonyl (C=O) groups is 1. The van der Waals surface area contributed by atoms with Crippen LogP contribution in [0, 0.1) is 0 Å². The van der Waals surface area contributed by atoms with Crippen LogP contribution in [-0.4, -0.2) is 38.4 Å². The fourth-order valence-corrected chi connectivity index (χ4v) is 4.09. The summed E-state index contributed by atoms with van der Waals surface area (Å²) < 4.78 is 27.2.